The Morgan fingerprint density at radius 2 is 2.19 bits per heavy atom. The minimum atomic E-state index is -0.896. The van der Waals surface area contributed by atoms with Crippen LogP contribution in [0.4, 0.5) is 5.95 Å². The van der Waals surface area contributed by atoms with Gasteiger partial charge in [-0.2, -0.15) is 0 Å². The number of hydrogen-bond acceptors (Lipinski definition) is 3. The molecule has 0 fully saturated rings. The van der Waals surface area contributed by atoms with Gasteiger partial charge in [-0.25, -0.2) is 4.98 Å². The maximum Gasteiger partial charge on any atom is 0.325 e. The van der Waals surface area contributed by atoms with Crippen LogP contribution in [0.1, 0.15) is 6.92 Å². The lowest BCUT2D eigenvalue weighted by molar-refractivity contribution is -0.137. The molecule has 2 N–H and O–H groups in total. The predicted octanol–water partition coefficient (Wildman–Crippen LogP) is 1.46. The van der Waals surface area contributed by atoms with Crippen LogP contribution in [-0.4, -0.2) is 26.7 Å². The van der Waals surface area contributed by atoms with Crippen LogP contribution in [0.5, 0.6) is 0 Å². The summed E-state index contributed by atoms with van der Waals surface area (Å²) in [5.74, 6) is -0.330. The summed E-state index contributed by atoms with van der Waals surface area (Å²) >= 11 is 0. The van der Waals surface area contributed by atoms with Crippen molar-refractivity contribution in [3.8, 4) is 0 Å². The van der Waals surface area contributed by atoms with Gasteiger partial charge in [-0.1, -0.05) is 12.1 Å². The van der Waals surface area contributed by atoms with E-state index in [1.807, 2.05) is 35.9 Å². The van der Waals surface area contributed by atoms with Crippen molar-refractivity contribution in [2.24, 2.45) is 7.05 Å². The minimum Gasteiger partial charge on any atom is -0.480 e. The van der Waals surface area contributed by atoms with Crippen molar-refractivity contribution in [3.63, 3.8) is 0 Å². The first-order valence-corrected chi connectivity index (χ1v) is 5.00. The van der Waals surface area contributed by atoms with Gasteiger partial charge in [0.1, 0.15) is 6.04 Å². The van der Waals surface area contributed by atoms with Crippen molar-refractivity contribution in [3.05, 3.63) is 24.3 Å². The van der Waals surface area contributed by atoms with Crippen LogP contribution < -0.4 is 5.32 Å². The van der Waals surface area contributed by atoms with Crippen molar-refractivity contribution in [2.45, 2.75) is 13.0 Å². The Hall–Kier alpha value is -2.04. The number of rotatable bonds is 3. The number of aliphatic carboxylic acids is 1. The predicted molar refractivity (Wildman–Crippen MR) is 61.4 cm³/mol. The van der Waals surface area contributed by atoms with Crippen molar-refractivity contribution >= 4 is 23.0 Å². The van der Waals surface area contributed by atoms with E-state index in [0.29, 0.717) is 5.95 Å². The zero-order valence-corrected chi connectivity index (χ0v) is 9.14. The van der Waals surface area contributed by atoms with Crippen molar-refractivity contribution in [1.82, 2.24) is 9.55 Å². The van der Waals surface area contributed by atoms with E-state index in [9.17, 15) is 4.79 Å². The van der Waals surface area contributed by atoms with Crippen LogP contribution in [0.3, 0.4) is 0 Å². The third-order valence-corrected chi connectivity index (χ3v) is 2.50. The van der Waals surface area contributed by atoms with E-state index >= 15 is 0 Å². The molecule has 5 heteroatoms. The number of carbonyl (C=O) groups is 1. The Balaban J connectivity index is 2.38. The molecule has 84 valence electrons. The van der Waals surface area contributed by atoms with Gasteiger partial charge in [0.2, 0.25) is 5.95 Å². The molecule has 2 aromatic rings. The maximum absolute atomic E-state index is 10.7. The summed E-state index contributed by atoms with van der Waals surface area (Å²) in [7, 11) is 1.85. The van der Waals surface area contributed by atoms with Crippen LogP contribution in [0.15, 0.2) is 24.3 Å². The molecule has 0 saturated heterocycles. The Morgan fingerprint density at radius 3 is 2.81 bits per heavy atom. The average Bonchev–Trinajstić information content (AvgIpc) is 2.56. The number of nitrogens with zero attached hydrogens (tertiary/aromatic N) is 2. The third-order valence-electron chi connectivity index (χ3n) is 2.50. The Bertz CT molecular complexity index is 533. The normalized spacial score (nSPS) is 12.6. The van der Waals surface area contributed by atoms with E-state index in [4.69, 9.17) is 5.11 Å². The highest BCUT2D eigenvalue weighted by atomic mass is 16.4. The number of para-hydroxylation sites is 2. The third kappa shape index (κ3) is 1.71. The molecule has 2 rings (SSSR count). The summed E-state index contributed by atoms with van der Waals surface area (Å²) in [5.41, 5.74) is 1.83. The summed E-state index contributed by atoms with van der Waals surface area (Å²) in [5, 5.41) is 11.7. The fourth-order valence-electron chi connectivity index (χ4n) is 1.53. The average molecular weight is 219 g/mol. The van der Waals surface area contributed by atoms with E-state index in [-0.39, 0.29) is 0 Å². The fraction of sp³-hybridized carbons (Fsp3) is 0.273. The van der Waals surface area contributed by atoms with E-state index in [0.717, 1.165) is 11.0 Å². The van der Waals surface area contributed by atoms with Crippen LogP contribution in [0, 0.1) is 0 Å². The minimum absolute atomic E-state index is 0.566. The highest BCUT2D eigenvalue weighted by Gasteiger charge is 2.14. The second-order valence-corrected chi connectivity index (χ2v) is 3.69. The Kier molecular flexibility index (Phi) is 2.52. The maximum atomic E-state index is 10.7. The van der Waals surface area contributed by atoms with Crippen molar-refractivity contribution in [1.29, 1.82) is 0 Å². The second kappa shape index (κ2) is 3.84. The number of carboxylic acid groups (broad SMARTS) is 1. The van der Waals surface area contributed by atoms with Gasteiger partial charge in [0.25, 0.3) is 0 Å². The second-order valence-electron chi connectivity index (χ2n) is 3.69. The van der Waals surface area contributed by atoms with E-state index < -0.39 is 12.0 Å². The molecule has 0 bridgehead atoms. The smallest absolute Gasteiger partial charge is 0.325 e. The summed E-state index contributed by atoms with van der Waals surface area (Å²) in [6.07, 6.45) is 0. The van der Waals surface area contributed by atoms with Gasteiger partial charge < -0.3 is 15.0 Å². The summed E-state index contributed by atoms with van der Waals surface area (Å²) in [6.45, 7) is 1.58. The molecular formula is C11H13N3O2. The lowest BCUT2D eigenvalue weighted by Crippen LogP contribution is -2.26. The van der Waals surface area contributed by atoms with Gasteiger partial charge in [0.15, 0.2) is 0 Å². The molecule has 1 aromatic carbocycles. The zero-order chi connectivity index (χ0) is 11.7. The number of aryl methyl sites for hydroxylation is 1. The molecular weight excluding hydrogens is 206 g/mol. The topological polar surface area (TPSA) is 67.2 Å². The standard InChI is InChI=1S/C11H13N3O2/c1-7(10(15)16)12-11-13-8-5-3-4-6-9(8)14(11)2/h3-7H,1-2H3,(H,12,13)(H,15,16). The Labute approximate surface area is 92.7 Å². The first-order chi connectivity index (χ1) is 7.59. The lowest BCUT2D eigenvalue weighted by atomic mass is 10.3. The summed E-state index contributed by atoms with van der Waals surface area (Å²) in [4.78, 5) is 15.1. The molecule has 1 atom stereocenters. The molecule has 16 heavy (non-hydrogen) atoms. The zero-order valence-electron chi connectivity index (χ0n) is 9.14. The number of aromatic nitrogens is 2. The number of nitrogens with one attached hydrogen (secondary N) is 1. The van der Waals surface area contributed by atoms with Crippen LogP contribution >= 0.6 is 0 Å². The Morgan fingerprint density at radius 1 is 1.50 bits per heavy atom. The van der Waals surface area contributed by atoms with Crippen LogP contribution in [0.2, 0.25) is 0 Å². The molecule has 0 spiro atoms. The molecule has 0 aliphatic rings. The summed E-state index contributed by atoms with van der Waals surface area (Å²) < 4.78 is 1.84. The molecule has 1 unspecified atom stereocenters. The van der Waals surface area contributed by atoms with Gasteiger partial charge in [0.05, 0.1) is 11.0 Å². The van der Waals surface area contributed by atoms with E-state index in [1.165, 1.54) is 0 Å². The fourth-order valence-corrected chi connectivity index (χ4v) is 1.53. The highest BCUT2D eigenvalue weighted by molar-refractivity contribution is 5.80. The van der Waals surface area contributed by atoms with Crippen molar-refractivity contribution in [2.75, 3.05) is 5.32 Å². The number of imidazole rings is 1. The molecule has 0 radical (unpaired) electrons. The lowest BCUT2D eigenvalue weighted by Gasteiger charge is -2.09. The molecule has 0 aliphatic carbocycles. The molecule has 0 saturated carbocycles. The number of benzene rings is 1. The SMILES string of the molecule is CC(Nc1nc2ccccc2n1C)C(=O)O. The largest absolute Gasteiger partial charge is 0.480 e. The van der Waals surface area contributed by atoms with E-state index in [1.54, 1.807) is 6.92 Å². The van der Waals surface area contributed by atoms with E-state index in [2.05, 4.69) is 10.3 Å². The van der Waals surface area contributed by atoms with Gasteiger partial charge in [-0.15, -0.1) is 0 Å². The van der Waals surface area contributed by atoms with Gasteiger partial charge in [-0.3, -0.25) is 4.79 Å². The first-order valence-electron chi connectivity index (χ1n) is 5.00. The molecule has 0 aliphatic heterocycles. The van der Waals surface area contributed by atoms with Crippen LogP contribution in [0.25, 0.3) is 11.0 Å². The first kappa shape index (κ1) is 10.5. The molecule has 1 heterocycles. The number of fused-ring (bicyclic) bond motifs is 1. The molecule has 0 amide bonds. The van der Waals surface area contributed by atoms with Gasteiger partial charge >= 0.3 is 5.97 Å². The molecule has 1 aromatic heterocycles. The molecule has 5 nitrogen and oxygen atoms in total. The quantitative estimate of drug-likeness (QED) is 0.820. The highest BCUT2D eigenvalue weighted by Crippen LogP contribution is 2.17. The number of anilines is 1. The number of carboxylic acids is 1. The monoisotopic (exact) mass is 219 g/mol. The summed E-state index contributed by atoms with van der Waals surface area (Å²) in [6, 6.07) is 7.01. The van der Waals surface area contributed by atoms with Crippen LogP contribution in [-0.2, 0) is 11.8 Å². The van der Waals surface area contributed by atoms with Crippen molar-refractivity contribution < 1.29 is 9.90 Å². The van der Waals surface area contributed by atoms with Gasteiger partial charge in [0, 0.05) is 7.05 Å². The number of hydrogen-bond donors (Lipinski definition) is 2. The van der Waals surface area contributed by atoms with Gasteiger partial charge in [-0.05, 0) is 19.1 Å².